The SMILES string of the molecule is CC(C)(C)c1ccnc(-n2c3[c-]c(-n4c5[c-]c(-n6cccn6)ccc5c5ccccc54)ccc3c3ccccc32)c1.CC(C)(C)c1ccnc(-n2c3ccccc3c3ccc(-n4c5ccccc5c5ccc(-n6cccn6)cc54)cc32)c1.CC(C)(C)c1ccnc(Br)c1.[Pt+2]. The summed E-state index contributed by atoms with van der Waals surface area (Å²) in [4.78, 5) is 13.8. The maximum Gasteiger partial charge on any atom is 2.00 e. The summed E-state index contributed by atoms with van der Waals surface area (Å²) in [6, 6.07) is 80.5. The van der Waals surface area contributed by atoms with Crippen molar-refractivity contribution in [1.29, 1.82) is 0 Å². The van der Waals surface area contributed by atoms with E-state index >= 15 is 0 Å². The van der Waals surface area contributed by atoms with E-state index < -0.39 is 0 Å². The maximum atomic E-state index is 4.87. The van der Waals surface area contributed by atoms with Gasteiger partial charge in [-0.25, -0.2) is 19.6 Å². The number of benzene rings is 8. The second-order valence-corrected chi connectivity index (χ2v) is 27.7. The van der Waals surface area contributed by atoms with Gasteiger partial charge in [0.25, 0.3) is 0 Å². The average Bonchev–Trinajstić information content (AvgIpc) is 1.58. The summed E-state index contributed by atoms with van der Waals surface area (Å²) < 4.78 is 13.9. The quantitative estimate of drug-likeness (QED) is 0.122. The van der Waals surface area contributed by atoms with Crippen LogP contribution in [0.1, 0.15) is 79.0 Å². The number of halogens is 1. The number of hydrogen-bond donors (Lipinski definition) is 0. The number of nitrogens with zero attached hydrogens (tertiary/aromatic N) is 11. The molecule has 0 atom stereocenters. The third-order valence-corrected chi connectivity index (χ3v) is 18.2. The van der Waals surface area contributed by atoms with Gasteiger partial charge < -0.3 is 13.7 Å². The molecule has 11 nitrogen and oxygen atoms in total. The summed E-state index contributed by atoms with van der Waals surface area (Å²) >= 11 is 3.34. The molecule has 0 saturated heterocycles. The first-order valence-electron chi connectivity index (χ1n) is 31.5. The Labute approximate surface area is 569 Å². The van der Waals surface area contributed by atoms with Gasteiger partial charge in [-0.05, 0) is 162 Å². The minimum absolute atomic E-state index is 0. The van der Waals surface area contributed by atoms with Crippen LogP contribution in [0.5, 0.6) is 0 Å². The zero-order valence-corrected chi connectivity index (χ0v) is 57.6. The van der Waals surface area contributed by atoms with Crippen LogP contribution in [0.4, 0.5) is 0 Å². The van der Waals surface area contributed by atoms with Gasteiger partial charge in [0, 0.05) is 81.6 Å². The summed E-state index contributed by atoms with van der Waals surface area (Å²) in [5, 5.41) is 18.5. The van der Waals surface area contributed by atoms with E-state index in [-0.39, 0.29) is 37.3 Å². The Morgan fingerprint density at radius 1 is 0.319 bits per heavy atom. The summed E-state index contributed by atoms with van der Waals surface area (Å²) in [6.45, 7) is 20.0. The molecule has 0 aliphatic carbocycles. The van der Waals surface area contributed by atoms with Crippen LogP contribution in [0, 0.1) is 12.1 Å². The van der Waals surface area contributed by atoms with Crippen LogP contribution in [0.15, 0.2) is 254 Å². The summed E-state index contributed by atoms with van der Waals surface area (Å²) in [6.07, 6.45) is 13.2. The van der Waals surface area contributed by atoms with Crippen molar-refractivity contribution in [3.05, 3.63) is 283 Å². The molecule has 0 aliphatic heterocycles. The Balaban J connectivity index is 0.000000139. The first-order valence-corrected chi connectivity index (χ1v) is 32.3. The third kappa shape index (κ3) is 11.1. The molecule has 9 heterocycles. The fourth-order valence-electron chi connectivity index (χ4n) is 13.0. The van der Waals surface area contributed by atoms with Crippen LogP contribution >= 0.6 is 15.9 Å². The average molecular weight is 1470 g/mol. The number of aromatic nitrogens is 11. The molecule has 0 N–H and O–H groups in total. The Morgan fingerprint density at radius 2 is 0.713 bits per heavy atom. The summed E-state index contributed by atoms with van der Waals surface area (Å²) in [5.41, 5.74) is 16.9. The van der Waals surface area contributed by atoms with Gasteiger partial charge in [-0.15, -0.1) is 35.0 Å². The number of rotatable bonds is 6. The molecule has 0 aliphatic rings. The van der Waals surface area contributed by atoms with E-state index in [9.17, 15) is 0 Å². The molecule has 0 radical (unpaired) electrons. The van der Waals surface area contributed by atoms with E-state index in [1.54, 1.807) is 6.20 Å². The predicted molar refractivity (Wildman–Crippen MR) is 386 cm³/mol. The van der Waals surface area contributed by atoms with Crippen molar-refractivity contribution in [3.8, 4) is 34.4 Å². The zero-order chi connectivity index (χ0) is 63.9. The Morgan fingerprint density at radius 3 is 1.23 bits per heavy atom. The topological polar surface area (TPSA) is 94.0 Å². The van der Waals surface area contributed by atoms with Crippen LogP contribution in [0.3, 0.4) is 0 Å². The first-order chi connectivity index (χ1) is 44.9. The van der Waals surface area contributed by atoms with Crippen LogP contribution < -0.4 is 0 Å². The molecule has 0 fully saturated rings. The standard InChI is InChI=1S/C36H29N5.C36H27N5.C9H12BrN.Pt/c2*1-36(2,3)24-17-19-37-35(21-24)41-32-12-7-5-10-28(32)30-16-14-26(23-34(30)41)40-31-11-6-4-9-27(31)29-15-13-25(22-33(29)40)39-20-8-18-38-39;1-9(2,3)7-4-5-11-8(10)6-7;/h4-23H,1-3H3;4-21H,1-3H3;4-6H,1-3H3;/q;-2;;+2. The normalized spacial score (nSPS) is 12.1. The van der Waals surface area contributed by atoms with Gasteiger partial charge in [0.2, 0.25) is 0 Å². The molecule has 464 valence electrons. The van der Waals surface area contributed by atoms with Gasteiger partial charge in [0.15, 0.2) is 0 Å². The van der Waals surface area contributed by atoms with E-state index in [4.69, 9.17) is 9.97 Å². The Kier molecular flexibility index (Phi) is 15.8. The van der Waals surface area contributed by atoms with Crippen molar-refractivity contribution in [2.45, 2.75) is 78.6 Å². The number of pyridine rings is 3. The van der Waals surface area contributed by atoms with E-state index in [0.29, 0.717) is 0 Å². The molecule has 0 spiro atoms. The van der Waals surface area contributed by atoms with Crippen molar-refractivity contribution in [3.63, 3.8) is 0 Å². The molecule has 17 aromatic rings. The van der Waals surface area contributed by atoms with Crippen LogP contribution in [0.2, 0.25) is 0 Å². The van der Waals surface area contributed by atoms with E-state index in [1.807, 2.05) is 64.7 Å². The molecule has 9 aromatic heterocycles. The smallest absolute Gasteiger partial charge is 0.358 e. The van der Waals surface area contributed by atoms with Gasteiger partial charge in [-0.1, -0.05) is 164 Å². The molecule has 0 bridgehead atoms. The molecule has 0 saturated carbocycles. The van der Waals surface area contributed by atoms with Crippen molar-refractivity contribution in [2.75, 3.05) is 0 Å². The van der Waals surface area contributed by atoms with Gasteiger partial charge in [0.1, 0.15) is 16.2 Å². The fourth-order valence-corrected chi connectivity index (χ4v) is 13.3. The molecule has 17 rings (SSSR count). The van der Waals surface area contributed by atoms with Crippen molar-refractivity contribution < 1.29 is 21.1 Å². The second-order valence-electron chi connectivity index (χ2n) is 26.8. The summed E-state index contributed by atoms with van der Waals surface area (Å²) in [7, 11) is 0. The molecule has 13 heteroatoms. The van der Waals surface area contributed by atoms with Crippen LogP contribution in [-0.2, 0) is 37.3 Å². The summed E-state index contributed by atoms with van der Waals surface area (Å²) in [5.74, 6) is 1.83. The minimum atomic E-state index is 0. The Bertz CT molecular complexity index is 5350. The van der Waals surface area contributed by atoms with Crippen molar-refractivity contribution >= 4 is 103 Å². The van der Waals surface area contributed by atoms with E-state index in [1.165, 1.54) is 54.5 Å². The Hall–Kier alpha value is -10.0. The van der Waals surface area contributed by atoms with Crippen molar-refractivity contribution in [1.82, 2.24) is 52.8 Å². The number of hydrogen-bond acceptors (Lipinski definition) is 5. The van der Waals surface area contributed by atoms with Crippen molar-refractivity contribution in [2.24, 2.45) is 0 Å². The molecular formula is C81H68BrN11Pt. The molecule has 94 heavy (non-hydrogen) atoms. The number of fused-ring (bicyclic) bond motifs is 12. The molecule has 0 unspecified atom stereocenters. The van der Waals surface area contributed by atoms with Gasteiger partial charge in [-0.2, -0.15) is 22.3 Å². The zero-order valence-electron chi connectivity index (χ0n) is 53.8. The monoisotopic (exact) mass is 1470 g/mol. The number of para-hydroxylation sites is 4. The van der Waals surface area contributed by atoms with Crippen LogP contribution in [-0.4, -0.2) is 52.8 Å². The second kappa shape index (κ2) is 24.2. The third-order valence-electron chi connectivity index (χ3n) is 17.7. The molecule has 0 amide bonds. The first kappa shape index (κ1) is 61.5. The van der Waals surface area contributed by atoms with Gasteiger partial charge in [-0.3, -0.25) is 9.25 Å². The largest absolute Gasteiger partial charge is 2.00 e. The van der Waals surface area contributed by atoms with E-state index in [2.05, 4.69) is 312 Å². The maximum absolute atomic E-state index is 4.87. The van der Waals surface area contributed by atoms with Crippen LogP contribution in [0.25, 0.3) is 122 Å². The van der Waals surface area contributed by atoms with Gasteiger partial charge in [0.05, 0.1) is 27.8 Å². The minimum Gasteiger partial charge on any atom is -0.358 e. The fraction of sp³-hybridized carbons (Fsp3) is 0.148. The van der Waals surface area contributed by atoms with Gasteiger partial charge >= 0.3 is 21.1 Å². The van der Waals surface area contributed by atoms with E-state index in [0.717, 1.165) is 88.4 Å². The molecular weight excluding hydrogens is 1400 g/mol. The predicted octanol–water partition coefficient (Wildman–Crippen LogP) is 20.3. The molecule has 8 aromatic carbocycles.